The van der Waals surface area contributed by atoms with E-state index >= 15 is 0 Å². The lowest BCUT2D eigenvalue weighted by Gasteiger charge is -2.35. The first kappa shape index (κ1) is 10.4. The Morgan fingerprint density at radius 1 is 1.40 bits per heavy atom. The van der Waals surface area contributed by atoms with Crippen molar-refractivity contribution in [2.75, 3.05) is 11.9 Å². The van der Waals surface area contributed by atoms with Crippen molar-refractivity contribution in [1.82, 2.24) is 9.97 Å². The Balaban J connectivity index is 2.22. The molecule has 1 aliphatic rings. The van der Waals surface area contributed by atoms with Crippen molar-refractivity contribution in [2.24, 2.45) is 0 Å². The van der Waals surface area contributed by atoms with E-state index in [4.69, 9.17) is 0 Å². The van der Waals surface area contributed by atoms with Crippen molar-refractivity contribution in [3.8, 4) is 0 Å². The van der Waals surface area contributed by atoms with Gasteiger partial charge in [-0.1, -0.05) is 6.92 Å². The standard InChI is InChI=1S/C12H19N3/c1-4-10-8-12(14-9(2)13-10)15(3)11-6-5-7-11/h8,11H,4-7H2,1-3H3. The van der Waals surface area contributed by atoms with Crippen LogP contribution in [0.4, 0.5) is 5.82 Å². The van der Waals surface area contributed by atoms with E-state index in [9.17, 15) is 0 Å². The highest BCUT2D eigenvalue weighted by Crippen LogP contribution is 2.27. The van der Waals surface area contributed by atoms with Crippen LogP contribution in [0.2, 0.25) is 0 Å². The fourth-order valence-electron chi connectivity index (χ4n) is 1.94. The topological polar surface area (TPSA) is 29.0 Å². The molecule has 3 heteroatoms. The Hall–Kier alpha value is -1.12. The first-order valence-electron chi connectivity index (χ1n) is 5.78. The zero-order chi connectivity index (χ0) is 10.8. The minimum atomic E-state index is 0.698. The van der Waals surface area contributed by atoms with Gasteiger partial charge in [-0.25, -0.2) is 9.97 Å². The summed E-state index contributed by atoms with van der Waals surface area (Å²) in [5, 5.41) is 0. The number of rotatable bonds is 3. The highest BCUT2D eigenvalue weighted by Gasteiger charge is 2.23. The number of hydrogen-bond acceptors (Lipinski definition) is 3. The minimum absolute atomic E-state index is 0.698. The second kappa shape index (κ2) is 4.17. The van der Waals surface area contributed by atoms with Crippen molar-refractivity contribution in [2.45, 2.75) is 45.6 Å². The third-order valence-electron chi connectivity index (χ3n) is 3.22. The van der Waals surface area contributed by atoms with Crippen LogP contribution in [-0.4, -0.2) is 23.1 Å². The summed E-state index contributed by atoms with van der Waals surface area (Å²) in [7, 11) is 2.14. The maximum atomic E-state index is 4.50. The highest BCUT2D eigenvalue weighted by molar-refractivity contribution is 5.40. The van der Waals surface area contributed by atoms with Crippen LogP contribution in [-0.2, 0) is 6.42 Å². The molecule has 2 rings (SSSR count). The molecule has 1 heterocycles. The van der Waals surface area contributed by atoms with Crippen LogP contribution >= 0.6 is 0 Å². The summed E-state index contributed by atoms with van der Waals surface area (Å²) in [5.74, 6) is 1.97. The first-order chi connectivity index (χ1) is 7.20. The molecule has 0 atom stereocenters. The molecule has 0 bridgehead atoms. The quantitative estimate of drug-likeness (QED) is 0.758. The van der Waals surface area contributed by atoms with Crippen molar-refractivity contribution in [3.63, 3.8) is 0 Å². The number of aryl methyl sites for hydroxylation is 2. The van der Waals surface area contributed by atoms with Crippen LogP contribution in [0.1, 0.15) is 37.7 Å². The molecule has 0 saturated heterocycles. The van der Waals surface area contributed by atoms with E-state index in [0.717, 1.165) is 23.8 Å². The number of hydrogen-bond donors (Lipinski definition) is 0. The number of nitrogens with zero attached hydrogens (tertiary/aromatic N) is 3. The lowest BCUT2D eigenvalue weighted by molar-refractivity contribution is 0.399. The Labute approximate surface area is 91.5 Å². The van der Waals surface area contributed by atoms with E-state index in [2.05, 4.69) is 34.9 Å². The van der Waals surface area contributed by atoms with Crippen LogP contribution < -0.4 is 4.90 Å². The summed E-state index contributed by atoms with van der Waals surface area (Å²) in [4.78, 5) is 11.2. The largest absolute Gasteiger partial charge is 0.357 e. The molecule has 0 N–H and O–H groups in total. The van der Waals surface area contributed by atoms with Gasteiger partial charge >= 0.3 is 0 Å². The molecule has 1 aromatic rings. The monoisotopic (exact) mass is 205 g/mol. The molecular formula is C12H19N3. The van der Waals surface area contributed by atoms with Gasteiger partial charge in [0.1, 0.15) is 11.6 Å². The summed E-state index contributed by atoms with van der Waals surface area (Å²) in [6.07, 6.45) is 4.95. The summed E-state index contributed by atoms with van der Waals surface area (Å²) >= 11 is 0. The number of anilines is 1. The summed E-state index contributed by atoms with van der Waals surface area (Å²) in [6, 6.07) is 2.81. The molecule has 15 heavy (non-hydrogen) atoms. The van der Waals surface area contributed by atoms with Gasteiger partial charge in [-0.2, -0.15) is 0 Å². The Morgan fingerprint density at radius 3 is 2.67 bits per heavy atom. The molecule has 1 saturated carbocycles. The van der Waals surface area contributed by atoms with Crippen molar-refractivity contribution in [3.05, 3.63) is 17.6 Å². The van der Waals surface area contributed by atoms with Crippen LogP contribution in [0.25, 0.3) is 0 Å². The molecule has 0 unspecified atom stereocenters. The normalized spacial score (nSPS) is 16.2. The van der Waals surface area contributed by atoms with E-state index in [-0.39, 0.29) is 0 Å². The zero-order valence-corrected chi connectivity index (χ0v) is 9.82. The molecule has 0 aromatic carbocycles. The third-order valence-corrected chi connectivity index (χ3v) is 3.22. The fraction of sp³-hybridized carbons (Fsp3) is 0.667. The highest BCUT2D eigenvalue weighted by atomic mass is 15.2. The average Bonchev–Trinajstić information content (AvgIpc) is 2.14. The van der Waals surface area contributed by atoms with E-state index in [1.165, 1.54) is 19.3 Å². The smallest absolute Gasteiger partial charge is 0.132 e. The molecule has 82 valence electrons. The minimum Gasteiger partial charge on any atom is -0.357 e. The number of aromatic nitrogens is 2. The van der Waals surface area contributed by atoms with Crippen molar-refractivity contribution < 1.29 is 0 Å². The van der Waals surface area contributed by atoms with Gasteiger partial charge in [-0.3, -0.25) is 0 Å². The Bertz CT molecular complexity index is 345. The van der Waals surface area contributed by atoms with Crippen LogP contribution in [0.3, 0.4) is 0 Å². The average molecular weight is 205 g/mol. The van der Waals surface area contributed by atoms with Crippen LogP contribution in [0, 0.1) is 6.92 Å². The van der Waals surface area contributed by atoms with E-state index in [0.29, 0.717) is 6.04 Å². The fourth-order valence-corrected chi connectivity index (χ4v) is 1.94. The summed E-state index contributed by atoms with van der Waals surface area (Å²) in [5.41, 5.74) is 1.14. The summed E-state index contributed by atoms with van der Waals surface area (Å²) in [6.45, 7) is 4.10. The van der Waals surface area contributed by atoms with Crippen molar-refractivity contribution in [1.29, 1.82) is 0 Å². The predicted molar refractivity (Wildman–Crippen MR) is 62.2 cm³/mol. The Kier molecular flexibility index (Phi) is 2.89. The van der Waals surface area contributed by atoms with E-state index < -0.39 is 0 Å². The van der Waals surface area contributed by atoms with Crippen LogP contribution in [0.5, 0.6) is 0 Å². The lowest BCUT2D eigenvalue weighted by atomic mass is 9.92. The lowest BCUT2D eigenvalue weighted by Crippen LogP contribution is -2.37. The Morgan fingerprint density at radius 2 is 2.13 bits per heavy atom. The molecule has 0 spiro atoms. The van der Waals surface area contributed by atoms with E-state index in [1.54, 1.807) is 0 Å². The summed E-state index contributed by atoms with van der Waals surface area (Å²) < 4.78 is 0. The van der Waals surface area contributed by atoms with Gasteiger partial charge in [-0.05, 0) is 32.6 Å². The predicted octanol–water partition coefficient (Wildman–Crippen LogP) is 2.34. The molecule has 1 aromatic heterocycles. The van der Waals surface area contributed by atoms with Gasteiger partial charge in [0.25, 0.3) is 0 Å². The molecule has 0 aliphatic heterocycles. The molecule has 1 fully saturated rings. The second-order valence-electron chi connectivity index (χ2n) is 4.31. The second-order valence-corrected chi connectivity index (χ2v) is 4.31. The van der Waals surface area contributed by atoms with Crippen LogP contribution in [0.15, 0.2) is 6.07 Å². The SMILES string of the molecule is CCc1cc(N(C)C2CCC2)nc(C)n1. The van der Waals surface area contributed by atoms with Gasteiger partial charge < -0.3 is 4.90 Å². The zero-order valence-electron chi connectivity index (χ0n) is 9.82. The molecule has 1 aliphatic carbocycles. The molecule has 0 amide bonds. The first-order valence-corrected chi connectivity index (χ1v) is 5.78. The molecular weight excluding hydrogens is 186 g/mol. The molecule has 0 radical (unpaired) electrons. The van der Waals surface area contributed by atoms with Gasteiger partial charge in [0.2, 0.25) is 0 Å². The van der Waals surface area contributed by atoms with Gasteiger partial charge in [0.15, 0.2) is 0 Å². The maximum Gasteiger partial charge on any atom is 0.132 e. The molecule has 3 nitrogen and oxygen atoms in total. The maximum absolute atomic E-state index is 4.50. The van der Waals surface area contributed by atoms with Gasteiger partial charge in [-0.15, -0.1) is 0 Å². The third kappa shape index (κ3) is 2.11. The van der Waals surface area contributed by atoms with Gasteiger partial charge in [0.05, 0.1) is 0 Å². The van der Waals surface area contributed by atoms with Crippen molar-refractivity contribution >= 4 is 5.82 Å². The van der Waals surface area contributed by atoms with Gasteiger partial charge in [0, 0.05) is 24.8 Å². The van der Waals surface area contributed by atoms with E-state index in [1.807, 2.05) is 6.92 Å².